The fraction of sp³-hybridized carbons (Fsp3) is 0.231. The predicted molar refractivity (Wildman–Crippen MR) is 73.5 cm³/mol. The largest absolute Gasteiger partial charge is 0.462 e. The van der Waals surface area contributed by atoms with Crippen molar-refractivity contribution in [2.75, 3.05) is 6.61 Å². The van der Waals surface area contributed by atoms with Crippen molar-refractivity contribution in [2.24, 2.45) is 5.73 Å². The Morgan fingerprint density at radius 2 is 2.25 bits per heavy atom. The first kappa shape index (κ1) is 13.0. The second-order valence-electron chi connectivity index (χ2n) is 4.66. The highest BCUT2D eigenvalue weighted by atomic mass is 35.5. The van der Waals surface area contributed by atoms with Crippen LogP contribution in [0.1, 0.15) is 10.5 Å². The molecule has 1 amide bonds. The Morgan fingerprint density at radius 1 is 1.45 bits per heavy atom. The molecule has 0 saturated carbocycles. The second-order valence-corrected chi connectivity index (χ2v) is 5.10. The van der Waals surface area contributed by atoms with Crippen LogP contribution in [0.2, 0.25) is 5.02 Å². The molecule has 1 aliphatic rings. The molecular formula is C13H12ClN3O3. The van der Waals surface area contributed by atoms with E-state index in [1.165, 1.54) is 0 Å². The van der Waals surface area contributed by atoms with E-state index in [9.17, 15) is 9.59 Å². The molecule has 2 atom stereocenters. The SMILES string of the molecule is N[C@@H]1COC(=O)[C@H]1NC(=O)c1cc2cc(Cl)ccc2[nH]1. The molecule has 20 heavy (non-hydrogen) atoms. The minimum absolute atomic E-state index is 0.117. The number of hydrogen-bond acceptors (Lipinski definition) is 4. The van der Waals surface area contributed by atoms with Crippen LogP contribution in [0.25, 0.3) is 10.9 Å². The number of fused-ring (bicyclic) bond motifs is 1. The number of esters is 1. The van der Waals surface area contributed by atoms with Gasteiger partial charge in [0.15, 0.2) is 0 Å². The van der Waals surface area contributed by atoms with Gasteiger partial charge in [-0.25, -0.2) is 4.79 Å². The number of aromatic amines is 1. The zero-order valence-corrected chi connectivity index (χ0v) is 11.1. The summed E-state index contributed by atoms with van der Waals surface area (Å²) in [5.74, 6) is -0.915. The maximum atomic E-state index is 12.1. The summed E-state index contributed by atoms with van der Waals surface area (Å²) in [6, 6.07) is 5.60. The molecule has 0 spiro atoms. The molecule has 4 N–H and O–H groups in total. The van der Waals surface area contributed by atoms with Crippen molar-refractivity contribution in [3.05, 3.63) is 35.0 Å². The van der Waals surface area contributed by atoms with Crippen LogP contribution in [-0.2, 0) is 9.53 Å². The van der Waals surface area contributed by atoms with E-state index in [1.807, 2.05) is 0 Å². The van der Waals surface area contributed by atoms with Gasteiger partial charge in [-0.05, 0) is 24.3 Å². The second kappa shape index (κ2) is 4.81. The topological polar surface area (TPSA) is 97.2 Å². The third-order valence-electron chi connectivity index (χ3n) is 3.21. The van der Waals surface area contributed by atoms with Gasteiger partial charge >= 0.3 is 5.97 Å². The van der Waals surface area contributed by atoms with E-state index < -0.39 is 24.0 Å². The molecule has 2 heterocycles. The molecular weight excluding hydrogens is 282 g/mol. The quantitative estimate of drug-likeness (QED) is 0.714. The highest BCUT2D eigenvalue weighted by Crippen LogP contribution is 2.20. The zero-order chi connectivity index (χ0) is 14.3. The molecule has 2 aromatic rings. The third kappa shape index (κ3) is 2.23. The van der Waals surface area contributed by atoms with Crippen molar-refractivity contribution in [1.82, 2.24) is 10.3 Å². The van der Waals surface area contributed by atoms with Crippen LogP contribution in [0.5, 0.6) is 0 Å². The van der Waals surface area contributed by atoms with Gasteiger partial charge < -0.3 is 20.8 Å². The Labute approximate surface area is 119 Å². The molecule has 6 nitrogen and oxygen atoms in total. The summed E-state index contributed by atoms with van der Waals surface area (Å²) in [6.45, 7) is 0.117. The van der Waals surface area contributed by atoms with Crippen molar-refractivity contribution in [1.29, 1.82) is 0 Å². The van der Waals surface area contributed by atoms with Gasteiger partial charge in [-0.1, -0.05) is 11.6 Å². The molecule has 1 aromatic heterocycles. The van der Waals surface area contributed by atoms with Crippen molar-refractivity contribution < 1.29 is 14.3 Å². The molecule has 7 heteroatoms. The van der Waals surface area contributed by atoms with Crippen LogP contribution in [0.3, 0.4) is 0 Å². The molecule has 0 radical (unpaired) electrons. The van der Waals surface area contributed by atoms with Crippen molar-refractivity contribution in [2.45, 2.75) is 12.1 Å². The van der Waals surface area contributed by atoms with Gasteiger partial charge in [-0.3, -0.25) is 4.79 Å². The molecule has 3 rings (SSSR count). The summed E-state index contributed by atoms with van der Waals surface area (Å²) < 4.78 is 4.78. The van der Waals surface area contributed by atoms with E-state index in [0.717, 1.165) is 10.9 Å². The average molecular weight is 294 g/mol. The number of carbonyl (C=O) groups excluding carboxylic acids is 2. The van der Waals surface area contributed by atoms with Crippen molar-refractivity contribution in [3.8, 4) is 0 Å². The molecule has 104 valence electrons. The van der Waals surface area contributed by atoms with E-state index in [2.05, 4.69) is 10.3 Å². The third-order valence-corrected chi connectivity index (χ3v) is 3.45. The van der Waals surface area contributed by atoms with E-state index in [0.29, 0.717) is 10.7 Å². The van der Waals surface area contributed by atoms with Gasteiger partial charge in [0.05, 0.1) is 6.04 Å². The van der Waals surface area contributed by atoms with Crippen LogP contribution >= 0.6 is 11.6 Å². The number of hydrogen-bond donors (Lipinski definition) is 3. The lowest BCUT2D eigenvalue weighted by Crippen LogP contribution is -2.48. The Bertz CT molecular complexity index is 697. The molecule has 0 unspecified atom stereocenters. The lowest BCUT2D eigenvalue weighted by molar-refractivity contribution is -0.139. The number of amides is 1. The van der Waals surface area contributed by atoms with E-state index in [-0.39, 0.29) is 6.61 Å². The number of H-pyrrole nitrogens is 1. The number of ether oxygens (including phenoxy) is 1. The van der Waals surface area contributed by atoms with Gasteiger partial charge in [0.25, 0.3) is 5.91 Å². The Hall–Kier alpha value is -2.05. The van der Waals surface area contributed by atoms with Gasteiger partial charge in [-0.2, -0.15) is 0 Å². The van der Waals surface area contributed by atoms with Gasteiger partial charge in [0.2, 0.25) is 0 Å². The summed E-state index contributed by atoms with van der Waals surface area (Å²) in [6.07, 6.45) is 0. The number of rotatable bonds is 2. The maximum Gasteiger partial charge on any atom is 0.330 e. The van der Waals surface area contributed by atoms with Crippen LogP contribution < -0.4 is 11.1 Å². The van der Waals surface area contributed by atoms with E-state index in [4.69, 9.17) is 22.1 Å². The standard InChI is InChI=1S/C13H12ClN3O3/c14-7-1-2-9-6(3-7)4-10(16-9)12(18)17-11-8(15)5-20-13(11)19/h1-4,8,11,16H,5,15H2,(H,17,18)/t8-,11+/m1/s1. The Balaban J connectivity index is 1.83. The van der Waals surface area contributed by atoms with Crippen LogP contribution in [-0.4, -0.2) is 35.6 Å². The number of halogens is 1. The summed E-state index contributed by atoms with van der Waals surface area (Å²) in [5.41, 5.74) is 6.83. The molecule has 1 saturated heterocycles. The number of benzene rings is 1. The maximum absolute atomic E-state index is 12.1. The number of nitrogens with one attached hydrogen (secondary N) is 2. The van der Waals surface area contributed by atoms with Gasteiger partial charge in [0, 0.05) is 15.9 Å². The number of cyclic esters (lactones) is 1. The lowest BCUT2D eigenvalue weighted by Gasteiger charge is -2.11. The van der Waals surface area contributed by atoms with Crippen molar-refractivity contribution in [3.63, 3.8) is 0 Å². The van der Waals surface area contributed by atoms with Gasteiger partial charge in [0.1, 0.15) is 18.3 Å². The van der Waals surface area contributed by atoms with Crippen LogP contribution in [0.15, 0.2) is 24.3 Å². The number of aromatic nitrogens is 1. The minimum atomic E-state index is -0.808. The number of carbonyl (C=O) groups is 2. The zero-order valence-electron chi connectivity index (χ0n) is 10.4. The Kier molecular flexibility index (Phi) is 3.11. The summed E-state index contributed by atoms with van der Waals surface area (Å²) in [4.78, 5) is 26.5. The highest BCUT2D eigenvalue weighted by Gasteiger charge is 2.35. The van der Waals surface area contributed by atoms with Crippen molar-refractivity contribution >= 4 is 34.4 Å². The summed E-state index contributed by atoms with van der Waals surface area (Å²) in [5, 5.41) is 3.98. The summed E-state index contributed by atoms with van der Waals surface area (Å²) in [7, 11) is 0. The number of nitrogens with two attached hydrogens (primary N) is 1. The first-order chi connectivity index (χ1) is 9.54. The van der Waals surface area contributed by atoms with E-state index >= 15 is 0 Å². The highest BCUT2D eigenvalue weighted by molar-refractivity contribution is 6.31. The molecule has 1 fully saturated rings. The molecule has 1 aromatic carbocycles. The van der Waals surface area contributed by atoms with Crippen LogP contribution in [0, 0.1) is 0 Å². The normalized spacial score (nSPS) is 22.0. The molecule has 1 aliphatic heterocycles. The van der Waals surface area contributed by atoms with E-state index in [1.54, 1.807) is 24.3 Å². The minimum Gasteiger partial charge on any atom is -0.462 e. The molecule has 0 aliphatic carbocycles. The smallest absolute Gasteiger partial charge is 0.330 e. The molecule has 0 bridgehead atoms. The Morgan fingerprint density at radius 3 is 2.95 bits per heavy atom. The average Bonchev–Trinajstić information content (AvgIpc) is 2.96. The fourth-order valence-electron chi connectivity index (χ4n) is 2.15. The fourth-order valence-corrected chi connectivity index (χ4v) is 2.33. The first-order valence-electron chi connectivity index (χ1n) is 6.06. The monoisotopic (exact) mass is 293 g/mol. The van der Waals surface area contributed by atoms with Crippen LogP contribution in [0.4, 0.5) is 0 Å². The first-order valence-corrected chi connectivity index (χ1v) is 6.44. The predicted octanol–water partition coefficient (Wildman–Crippen LogP) is 0.804. The summed E-state index contributed by atoms with van der Waals surface area (Å²) >= 11 is 5.89. The van der Waals surface area contributed by atoms with Gasteiger partial charge in [-0.15, -0.1) is 0 Å². The lowest BCUT2D eigenvalue weighted by atomic mass is 10.1.